The SMILES string of the molecule is C#CCOCCOCCOCCOCCN(Cc1ccccc1)C1CCC2(CC1)CN(c1nc(Cl)nc3c1cnn3[C@@H]1O[C@H](CO)[C@@H](O)[C@H]1O)C2. The lowest BCUT2D eigenvalue weighted by Gasteiger charge is -2.55. The molecule has 1 aliphatic carbocycles. The molecule has 1 saturated carbocycles. The van der Waals surface area contributed by atoms with Crippen LogP contribution in [0.4, 0.5) is 5.82 Å². The highest BCUT2D eigenvalue weighted by atomic mass is 35.5. The van der Waals surface area contributed by atoms with E-state index in [1.807, 2.05) is 6.07 Å². The van der Waals surface area contributed by atoms with Gasteiger partial charge in [0.15, 0.2) is 11.9 Å². The van der Waals surface area contributed by atoms with Crippen molar-refractivity contribution in [3.63, 3.8) is 0 Å². The largest absolute Gasteiger partial charge is 0.394 e. The zero-order valence-corrected chi connectivity index (χ0v) is 29.6. The number of halogens is 1. The van der Waals surface area contributed by atoms with Crippen molar-refractivity contribution in [1.29, 1.82) is 0 Å². The molecule has 51 heavy (non-hydrogen) atoms. The maximum absolute atomic E-state index is 10.6. The summed E-state index contributed by atoms with van der Waals surface area (Å²) in [6, 6.07) is 11.1. The summed E-state index contributed by atoms with van der Waals surface area (Å²) in [7, 11) is 0. The summed E-state index contributed by atoms with van der Waals surface area (Å²) in [5.41, 5.74) is 1.90. The maximum Gasteiger partial charge on any atom is 0.226 e. The summed E-state index contributed by atoms with van der Waals surface area (Å²) in [6.07, 6.45) is 6.75. The van der Waals surface area contributed by atoms with Gasteiger partial charge in [-0.3, -0.25) is 4.90 Å². The van der Waals surface area contributed by atoms with Gasteiger partial charge in [0, 0.05) is 37.6 Å². The van der Waals surface area contributed by atoms with Crippen LogP contribution in [0.15, 0.2) is 36.5 Å². The molecule has 0 amide bonds. The number of hydrogen-bond acceptors (Lipinski definition) is 13. The van der Waals surface area contributed by atoms with Crippen LogP contribution in [-0.4, -0.2) is 143 Å². The lowest BCUT2D eigenvalue weighted by Crippen LogP contribution is -2.59. The first-order valence-electron chi connectivity index (χ1n) is 17.7. The summed E-state index contributed by atoms with van der Waals surface area (Å²) in [5.74, 6) is 3.12. The Morgan fingerprint density at radius 2 is 1.61 bits per heavy atom. The average Bonchev–Trinajstić information content (AvgIpc) is 3.68. The number of rotatable bonds is 19. The molecule has 1 aromatic carbocycles. The first kappa shape index (κ1) is 37.8. The average molecular weight is 729 g/mol. The van der Waals surface area contributed by atoms with E-state index in [1.54, 1.807) is 6.20 Å². The second-order valence-electron chi connectivity index (χ2n) is 13.5. The van der Waals surface area contributed by atoms with Crippen molar-refractivity contribution in [3.05, 3.63) is 47.4 Å². The Kier molecular flexibility index (Phi) is 13.5. The highest BCUT2D eigenvalue weighted by Gasteiger charge is 2.48. The minimum absolute atomic E-state index is 0.0633. The van der Waals surface area contributed by atoms with E-state index in [2.05, 4.69) is 55.1 Å². The van der Waals surface area contributed by atoms with Gasteiger partial charge >= 0.3 is 0 Å². The zero-order chi connectivity index (χ0) is 35.6. The molecule has 0 radical (unpaired) electrons. The van der Waals surface area contributed by atoms with Crippen LogP contribution in [-0.2, 0) is 30.2 Å². The molecule has 0 bridgehead atoms. The van der Waals surface area contributed by atoms with Crippen molar-refractivity contribution in [3.8, 4) is 12.3 Å². The van der Waals surface area contributed by atoms with E-state index in [-0.39, 0.29) is 10.7 Å². The van der Waals surface area contributed by atoms with Gasteiger partial charge in [0.05, 0.1) is 64.4 Å². The molecule has 6 rings (SSSR count). The molecule has 278 valence electrons. The molecular weight excluding hydrogens is 680 g/mol. The third-order valence-electron chi connectivity index (χ3n) is 10.1. The van der Waals surface area contributed by atoms with E-state index >= 15 is 0 Å². The molecule has 14 nitrogen and oxygen atoms in total. The van der Waals surface area contributed by atoms with Crippen LogP contribution in [0.3, 0.4) is 0 Å². The van der Waals surface area contributed by atoms with Crippen molar-refractivity contribution in [1.82, 2.24) is 24.6 Å². The lowest BCUT2D eigenvalue weighted by atomic mass is 9.67. The second-order valence-corrected chi connectivity index (χ2v) is 13.8. The number of ether oxygens (including phenoxy) is 5. The molecule has 2 saturated heterocycles. The Bertz CT molecular complexity index is 1560. The first-order valence-corrected chi connectivity index (χ1v) is 18.1. The smallest absolute Gasteiger partial charge is 0.226 e. The third-order valence-corrected chi connectivity index (χ3v) is 10.3. The van der Waals surface area contributed by atoms with Gasteiger partial charge in [-0.15, -0.1) is 6.42 Å². The fraction of sp³-hybridized carbons (Fsp3) is 0.639. The summed E-state index contributed by atoms with van der Waals surface area (Å²) in [6.45, 7) is 6.98. The number of aliphatic hydroxyl groups excluding tert-OH is 3. The van der Waals surface area contributed by atoms with E-state index < -0.39 is 31.1 Å². The molecule has 3 aromatic rings. The van der Waals surface area contributed by atoms with Gasteiger partial charge in [-0.1, -0.05) is 36.3 Å². The Morgan fingerprint density at radius 3 is 2.25 bits per heavy atom. The van der Waals surface area contributed by atoms with Gasteiger partial charge in [0.25, 0.3) is 0 Å². The van der Waals surface area contributed by atoms with Crippen molar-refractivity contribution in [2.45, 2.75) is 62.8 Å². The number of benzene rings is 1. The molecule has 4 heterocycles. The van der Waals surface area contributed by atoms with Gasteiger partial charge in [-0.05, 0) is 42.8 Å². The molecule has 1 spiro atoms. The second kappa shape index (κ2) is 18.2. The Labute approximate surface area is 303 Å². The standard InChI is InChI=1S/C36H49ClN6O8/c1-2-13-47-15-17-49-19-20-50-18-16-48-14-12-41(22-26-6-4-3-5-7-26)27-8-10-36(11-9-27)24-42(25-36)32-28-21-38-43(33(28)40-35(37)39-32)34-31(46)30(45)29(23-44)51-34/h1,3-7,21,27,29-31,34,44-46H,8-20,22-25H2/t29-,30-,31-,34-/m1/s1. The van der Waals surface area contributed by atoms with E-state index in [1.165, 1.54) is 10.2 Å². The lowest BCUT2D eigenvalue weighted by molar-refractivity contribution is -0.0566. The molecule has 3 fully saturated rings. The molecule has 4 atom stereocenters. The Hall–Kier alpha value is -2.94. The number of fused-ring (bicyclic) bond motifs is 1. The molecule has 2 aliphatic heterocycles. The minimum atomic E-state index is -1.28. The van der Waals surface area contributed by atoms with E-state index in [9.17, 15) is 15.3 Å². The minimum Gasteiger partial charge on any atom is -0.394 e. The monoisotopic (exact) mass is 728 g/mol. The van der Waals surface area contributed by atoms with Crippen LogP contribution in [0.5, 0.6) is 0 Å². The van der Waals surface area contributed by atoms with Gasteiger partial charge < -0.3 is 43.9 Å². The van der Waals surface area contributed by atoms with Crippen molar-refractivity contribution < 1.29 is 39.0 Å². The Morgan fingerprint density at radius 1 is 0.941 bits per heavy atom. The van der Waals surface area contributed by atoms with Crippen LogP contribution >= 0.6 is 11.6 Å². The van der Waals surface area contributed by atoms with Gasteiger partial charge in [-0.25, -0.2) is 4.68 Å². The van der Waals surface area contributed by atoms with E-state index in [4.69, 9.17) is 41.7 Å². The maximum atomic E-state index is 10.6. The van der Waals surface area contributed by atoms with E-state index in [0.717, 1.165) is 51.9 Å². The van der Waals surface area contributed by atoms with Crippen LogP contribution < -0.4 is 4.90 Å². The van der Waals surface area contributed by atoms with Crippen LogP contribution in [0, 0.1) is 17.8 Å². The molecule has 3 aliphatic rings. The summed E-state index contributed by atoms with van der Waals surface area (Å²) >= 11 is 6.40. The molecule has 2 aromatic heterocycles. The predicted octanol–water partition coefficient (Wildman–Crippen LogP) is 2.04. The number of aliphatic hydroxyl groups is 3. The molecule has 3 N–H and O–H groups in total. The summed E-state index contributed by atoms with van der Waals surface area (Å²) < 4.78 is 29.4. The topological polar surface area (TPSA) is 157 Å². The van der Waals surface area contributed by atoms with Crippen LogP contribution in [0.1, 0.15) is 37.5 Å². The Balaban J connectivity index is 0.981. The molecule has 0 unspecified atom stereocenters. The van der Waals surface area contributed by atoms with Crippen LogP contribution in [0.2, 0.25) is 5.28 Å². The van der Waals surface area contributed by atoms with Crippen LogP contribution in [0.25, 0.3) is 11.0 Å². The first-order chi connectivity index (χ1) is 24.9. The number of aromatic nitrogens is 4. The number of terminal acetylenes is 1. The fourth-order valence-electron chi connectivity index (χ4n) is 7.39. The van der Waals surface area contributed by atoms with Gasteiger partial charge in [0.2, 0.25) is 5.28 Å². The zero-order valence-electron chi connectivity index (χ0n) is 28.9. The highest BCUT2D eigenvalue weighted by molar-refractivity contribution is 6.28. The summed E-state index contributed by atoms with van der Waals surface area (Å²) in [4.78, 5) is 13.7. The van der Waals surface area contributed by atoms with Crippen molar-refractivity contribution >= 4 is 28.5 Å². The normalized spacial score (nSPS) is 23.3. The molecule has 15 heteroatoms. The van der Waals surface area contributed by atoms with Crippen molar-refractivity contribution in [2.24, 2.45) is 5.41 Å². The predicted molar refractivity (Wildman–Crippen MR) is 189 cm³/mol. The number of nitrogens with zero attached hydrogens (tertiary/aromatic N) is 6. The third kappa shape index (κ3) is 9.36. The number of anilines is 1. The van der Waals surface area contributed by atoms with Gasteiger partial charge in [-0.2, -0.15) is 15.1 Å². The quantitative estimate of drug-likeness (QED) is 0.0938. The van der Waals surface area contributed by atoms with Crippen molar-refractivity contribution in [2.75, 3.05) is 84.0 Å². The van der Waals surface area contributed by atoms with E-state index in [0.29, 0.717) is 75.7 Å². The number of hydrogen-bond donors (Lipinski definition) is 3. The summed E-state index contributed by atoms with van der Waals surface area (Å²) in [5, 5.41) is 35.6. The fourth-order valence-corrected chi connectivity index (χ4v) is 7.55. The molecular formula is C36H49ClN6O8. The van der Waals surface area contributed by atoms with Gasteiger partial charge in [0.1, 0.15) is 30.7 Å². The highest BCUT2D eigenvalue weighted by Crippen LogP contribution is 2.47.